The second-order valence-electron chi connectivity index (χ2n) is 4.34. The Morgan fingerprint density at radius 1 is 1.17 bits per heavy atom. The van der Waals surface area contributed by atoms with Crippen LogP contribution < -0.4 is 15.2 Å². The predicted molar refractivity (Wildman–Crippen MR) is 74.6 cm³/mol. The minimum Gasteiger partial charge on any atom is -0.493 e. The van der Waals surface area contributed by atoms with Crippen LogP contribution in [-0.2, 0) is 0 Å². The van der Waals surface area contributed by atoms with Gasteiger partial charge in [0, 0.05) is 5.56 Å². The van der Waals surface area contributed by atoms with Crippen LogP contribution in [0.4, 0.5) is 0 Å². The first-order valence-electron chi connectivity index (χ1n) is 5.67. The zero-order chi connectivity index (χ0) is 13.0. The van der Waals surface area contributed by atoms with Crippen molar-refractivity contribution in [2.24, 2.45) is 11.7 Å². The summed E-state index contributed by atoms with van der Waals surface area (Å²) in [5.41, 5.74) is 6.81. The fourth-order valence-electron chi connectivity index (χ4n) is 1.77. The Hall–Kier alpha value is -0.970. The number of hydrogen-bond acceptors (Lipinski definition) is 4. The molecule has 1 aromatic rings. The molecule has 0 amide bonds. The third-order valence-electron chi connectivity index (χ3n) is 2.84. The van der Waals surface area contributed by atoms with E-state index in [2.05, 4.69) is 0 Å². The van der Waals surface area contributed by atoms with Gasteiger partial charge in [-0.15, -0.1) is 12.4 Å². The number of aliphatic hydroxyl groups is 1. The molecule has 104 valence electrons. The van der Waals surface area contributed by atoms with E-state index in [4.69, 9.17) is 15.2 Å². The molecule has 1 aromatic carbocycles. The van der Waals surface area contributed by atoms with Gasteiger partial charge in [-0.1, -0.05) is 26.0 Å². The van der Waals surface area contributed by atoms with E-state index in [1.807, 2.05) is 26.0 Å². The molecular weight excluding hydrogens is 254 g/mol. The maximum Gasteiger partial charge on any atom is 0.165 e. The Kier molecular flexibility index (Phi) is 7.06. The Labute approximate surface area is 115 Å². The van der Waals surface area contributed by atoms with Gasteiger partial charge in [0.05, 0.1) is 26.4 Å². The number of aliphatic hydroxyl groups excluding tert-OH is 1. The number of rotatable bonds is 5. The van der Waals surface area contributed by atoms with Crippen LogP contribution in [0.25, 0.3) is 0 Å². The lowest BCUT2D eigenvalue weighted by Gasteiger charge is -2.24. The molecule has 18 heavy (non-hydrogen) atoms. The van der Waals surface area contributed by atoms with Gasteiger partial charge in [0.15, 0.2) is 11.5 Å². The third kappa shape index (κ3) is 3.51. The lowest BCUT2D eigenvalue weighted by Crippen LogP contribution is -2.30. The Morgan fingerprint density at radius 3 is 2.22 bits per heavy atom. The standard InChI is InChI=1S/C13H21NO3.ClH/c1-8(2)12(15)11(14)9-6-5-7-10(16-3)13(9)17-4;/h5-8,11-12,15H,14H2,1-4H3;1H/t11-,12+;/m0./s1. The molecule has 3 N–H and O–H groups in total. The van der Waals surface area contributed by atoms with Crippen LogP contribution in [-0.4, -0.2) is 25.4 Å². The molecule has 0 unspecified atom stereocenters. The van der Waals surface area contributed by atoms with Crippen LogP contribution in [0.5, 0.6) is 11.5 Å². The summed E-state index contributed by atoms with van der Waals surface area (Å²) < 4.78 is 10.5. The van der Waals surface area contributed by atoms with Crippen molar-refractivity contribution in [1.29, 1.82) is 0 Å². The van der Waals surface area contributed by atoms with Gasteiger partial charge in [-0.05, 0) is 12.0 Å². The van der Waals surface area contributed by atoms with Crippen LogP contribution in [0.15, 0.2) is 18.2 Å². The molecule has 0 spiro atoms. The molecule has 0 aliphatic carbocycles. The van der Waals surface area contributed by atoms with Crippen molar-refractivity contribution in [3.63, 3.8) is 0 Å². The zero-order valence-corrected chi connectivity index (χ0v) is 12.0. The van der Waals surface area contributed by atoms with Gasteiger partial charge in [-0.3, -0.25) is 0 Å². The van der Waals surface area contributed by atoms with Crippen LogP contribution in [0.2, 0.25) is 0 Å². The molecular formula is C13H22ClNO3. The molecule has 2 atom stereocenters. The Balaban J connectivity index is 0.00000289. The molecule has 0 aliphatic rings. The molecule has 1 rings (SSSR count). The molecule has 0 saturated heterocycles. The van der Waals surface area contributed by atoms with Crippen LogP contribution in [0, 0.1) is 5.92 Å². The van der Waals surface area contributed by atoms with E-state index in [0.29, 0.717) is 11.5 Å². The minimum absolute atomic E-state index is 0. The van der Waals surface area contributed by atoms with E-state index in [1.54, 1.807) is 20.3 Å². The second-order valence-corrected chi connectivity index (χ2v) is 4.34. The molecule has 0 fully saturated rings. The van der Waals surface area contributed by atoms with Crippen molar-refractivity contribution in [3.05, 3.63) is 23.8 Å². The normalized spacial score (nSPS) is 13.7. The summed E-state index contributed by atoms with van der Waals surface area (Å²) in [6.07, 6.45) is -0.615. The van der Waals surface area contributed by atoms with E-state index in [1.165, 1.54) is 0 Å². The van der Waals surface area contributed by atoms with E-state index >= 15 is 0 Å². The molecule has 0 aromatic heterocycles. The average Bonchev–Trinajstić information content (AvgIpc) is 2.35. The number of para-hydroxylation sites is 1. The summed E-state index contributed by atoms with van der Waals surface area (Å²) in [6.45, 7) is 3.86. The summed E-state index contributed by atoms with van der Waals surface area (Å²) >= 11 is 0. The van der Waals surface area contributed by atoms with E-state index in [-0.39, 0.29) is 18.3 Å². The highest BCUT2D eigenvalue weighted by Crippen LogP contribution is 2.35. The predicted octanol–water partition coefficient (Wildman–Crippen LogP) is 2.14. The molecule has 4 nitrogen and oxygen atoms in total. The average molecular weight is 276 g/mol. The Morgan fingerprint density at radius 2 is 1.78 bits per heavy atom. The van der Waals surface area contributed by atoms with Crippen molar-refractivity contribution in [1.82, 2.24) is 0 Å². The molecule has 0 heterocycles. The maximum absolute atomic E-state index is 10.0. The zero-order valence-electron chi connectivity index (χ0n) is 11.2. The monoisotopic (exact) mass is 275 g/mol. The number of hydrogen-bond donors (Lipinski definition) is 2. The first-order valence-corrected chi connectivity index (χ1v) is 5.67. The van der Waals surface area contributed by atoms with Gasteiger partial charge >= 0.3 is 0 Å². The van der Waals surface area contributed by atoms with Crippen molar-refractivity contribution >= 4 is 12.4 Å². The van der Waals surface area contributed by atoms with Gasteiger partial charge in [0.1, 0.15) is 0 Å². The maximum atomic E-state index is 10.0. The molecule has 0 aliphatic heterocycles. The number of methoxy groups -OCH3 is 2. The highest BCUT2D eigenvalue weighted by atomic mass is 35.5. The smallest absolute Gasteiger partial charge is 0.165 e. The highest BCUT2D eigenvalue weighted by Gasteiger charge is 2.24. The summed E-state index contributed by atoms with van der Waals surface area (Å²) in [5.74, 6) is 1.29. The molecule has 0 radical (unpaired) electrons. The summed E-state index contributed by atoms with van der Waals surface area (Å²) in [7, 11) is 3.14. The van der Waals surface area contributed by atoms with Crippen molar-refractivity contribution < 1.29 is 14.6 Å². The number of ether oxygens (including phenoxy) is 2. The lowest BCUT2D eigenvalue weighted by atomic mass is 9.93. The molecule has 5 heteroatoms. The first kappa shape index (κ1) is 17.0. The largest absolute Gasteiger partial charge is 0.493 e. The molecule has 0 saturated carbocycles. The second kappa shape index (κ2) is 7.46. The van der Waals surface area contributed by atoms with Gasteiger partial charge in [0.25, 0.3) is 0 Å². The fraction of sp³-hybridized carbons (Fsp3) is 0.538. The third-order valence-corrected chi connectivity index (χ3v) is 2.84. The van der Waals surface area contributed by atoms with Gasteiger partial charge in [-0.2, -0.15) is 0 Å². The van der Waals surface area contributed by atoms with Gasteiger partial charge in [0.2, 0.25) is 0 Å². The summed E-state index contributed by atoms with van der Waals surface area (Å²) in [4.78, 5) is 0. The lowest BCUT2D eigenvalue weighted by molar-refractivity contribution is 0.0968. The topological polar surface area (TPSA) is 64.7 Å². The Bertz CT molecular complexity index is 371. The number of halogens is 1. The molecule has 0 bridgehead atoms. The van der Waals surface area contributed by atoms with Crippen LogP contribution >= 0.6 is 12.4 Å². The summed E-state index contributed by atoms with van der Waals surface area (Å²) in [6, 6.07) is 5.00. The number of benzene rings is 1. The van der Waals surface area contributed by atoms with E-state index in [9.17, 15) is 5.11 Å². The van der Waals surface area contributed by atoms with E-state index < -0.39 is 12.1 Å². The van der Waals surface area contributed by atoms with E-state index in [0.717, 1.165) is 5.56 Å². The van der Waals surface area contributed by atoms with Gasteiger partial charge in [-0.25, -0.2) is 0 Å². The minimum atomic E-state index is -0.615. The van der Waals surface area contributed by atoms with Crippen LogP contribution in [0.1, 0.15) is 25.5 Å². The fourth-order valence-corrected chi connectivity index (χ4v) is 1.77. The van der Waals surface area contributed by atoms with Crippen LogP contribution in [0.3, 0.4) is 0 Å². The quantitative estimate of drug-likeness (QED) is 0.864. The first-order chi connectivity index (χ1) is 8.02. The SMILES string of the molecule is COc1cccc([C@H](N)[C@H](O)C(C)C)c1OC.Cl. The van der Waals surface area contributed by atoms with Crippen molar-refractivity contribution in [2.75, 3.05) is 14.2 Å². The van der Waals surface area contributed by atoms with Gasteiger partial charge < -0.3 is 20.3 Å². The number of nitrogens with two attached hydrogens (primary N) is 1. The van der Waals surface area contributed by atoms with Crippen molar-refractivity contribution in [2.45, 2.75) is 26.0 Å². The van der Waals surface area contributed by atoms with Crippen molar-refractivity contribution in [3.8, 4) is 11.5 Å². The summed E-state index contributed by atoms with van der Waals surface area (Å²) in [5, 5.41) is 10.0. The highest BCUT2D eigenvalue weighted by molar-refractivity contribution is 5.85.